The van der Waals surface area contributed by atoms with Crippen molar-refractivity contribution in [2.75, 3.05) is 18.2 Å². The van der Waals surface area contributed by atoms with E-state index in [0.717, 1.165) is 0 Å². The summed E-state index contributed by atoms with van der Waals surface area (Å²) in [6.07, 6.45) is 0. The Balaban J connectivity index is 2.40. The molecule has 0 aromatic heterocycles. The number of rotatable bonds is 4. The summed E-state index contributed by atoms with van der Waals surface area (Å²) in [4.78, 5) is 12.1. The number of carbonyl (C=O) groups excluding carboxylic acids is 1. The minimum atomic E-state index is -0.797. The number of carbonyl (C=O) groups is 1. The third-order valence-electron chi connectivity index (χ3n) is 3.04. The number of hydrogen-bond acceptors (Lipinski definition) is 4. The Hall–Kier alpha value is -1.62. The maximum atomic E-state index is 12.1. The number of hydrogen-bond donors (Lipinski definition) is 2. The minimum absolute atomic E-state index is 0.279. The van der Waals surface area contributed by atoms with Crippen molar-refractivity contribution >= 4 is 52.1 Å². The molecule has 0 aliphatic rings. The first-order valence-corrected chi connectivity index (χ1v) is 7.40. The first-order valence-electron chi connectivity index (χ1n) is 6.27. The number of nitrogens with one attached hydrogen (secondary N) is 1. The number of anilines is 2. The topological polar surface area (TPSA) is 64.3 Å². The maximum Gasteiger partial charge on any atom is 0.333 e. The lowest BCUT2D eigenvalue weighted by atomic mass is 10.1. The smallest absolute Gasteiger partial charge is 0.333 e. The third-order valence-corrected chi connectivity index (χ3v) is 4.01. The zero-order chi connectivity index (χ0) is 16.3. The number of nitrogens with two attached hydrogens (primary N) is 1. The van der Waals surface area contributed by atoms with Gasteiger partial charge in [-0.3, -0.25) is 0 Å². The normalized spacial score (nSPS) is 11.8. The van der Waals surface area contributed by atoms with E-state index in [1.807, 2.05) is 0 Å². The highest BCUT2D eigenvalue weighted by molar-refractivity contribution is 6.39. The van der Waals surface area contributed by atoms with Gasteiger partial charge in [-0.15, -0.1) is 0 Å². The van der Waals surface area contributed by atoms with Crippen molar-refractivity contribution in [1.29, 1.82) is 0 Å². The summed E-state index contributed by atoms with van der Waals surface area (Å²) in [5.41, 5.74) is 7.09. The molecule has 0 radical (unpaired) electrons. The molecular formula is C15H13Cl3N2O2. The highest BCUT2D eigenvalue weighted by atomic mass is 35.5. The van der Waals surface area contributed by atoms with Crippen LogP contribution in [0, 0.1) is 0 Å². The number of nitrogen functional groups attached to an aromatic ring is 1. The van der Waals surface area contributed by atoms with E-state index in [1.165, 1.54) is 7.11 Å². The van der Waals surface area contributed by atoms with Gasteiger partial charge < -0.3 is 15.8 Å². The standard InChI is InChI=1S/C15H13Cl3N2O2/c1-22-15(21)14(9-4-2-3-5-10(9)16)20-8-6-11(17)13(19)12(18)7-8/h2-7,14,20H,19H2,1H3. The molecule has 1 unspecified atom stereocenters. The van der Waals surface area contributed by atoms with Crippen molar-refractivity contribution in [1.82, 2.24) is 0 Å². The van der Waals surface area contributed by atoms with Crippen molar-refractivity contribution < 1.29 is 9.53 Å². The molecule has 2 aromatic carbocycles. The Bertz CT molecular complexity index is 684. The zero-order valence-electron chi connectivity index (χ0n) is 11.6. The van der Waals surface area contributed by atoms with E-state index in [0.29, 0.717) is 16.3 Å². The summed E-state index contributed by atoms with van der Waals surface area (Å²) in [6.45, 7) is 0. The summed E-state index contributed by atoms with van der Waals surface area (Å²) < 4.78 is 4.83. The van der Waals surface area contributed by atoms with Crippen LogP contribution in [0.1, 0.15) is 11.6 Å². The maximum absolute atomic E-state index is 12.1. The molecule has 0 fully saturated rings. The van der Waals surface area contributed by atoms with Gasteiger partial charge in [0.15, 0.2) is 6.04 Å². The van der Waals surface area contributed by atoms with Crippen LogP contribution in [0.2, 0.25) is 15.1 Å². The fourth-order valence-corrected chi connectivity index (χ4v) is 2.66. The molecule has 2 rings (SSSR count). The van der Waals surface area contributed by atoms with Gasteiger partial charge >= 0.3 is 5.97 Å². The predicted molar refractivity (Wildman–Crippen MR) is 90.7 cm³/mol. The van der Waals surface area contributed by atoms with Crippen LogP contribution >= 0.6 is 34.8 Å². The number of halogens is 3. The molecule has 0 aliphatic heterocycles. The highest BCUT2D eigenvalue weighted by Crippen LogP contribution is 2.34. The average molecular weight is 360 g/mol. The summed E-state index contributed by atoms with van der Waals surface area (Å²) in [5.74, 6) is -0.489. The van der Waals surface area contributed by atoms with Gasteiger partial charge in [0.1, 0.15) is 0 Å². The molecule has 0 bridgehead atoms. The Morgan fingerprint density at radius 2 is 1.73 bits per heavy atom. The van der Waals surface area contributed by atoms with Crippen LogP contribution in [0.3, 0.4) is 0 Å². The first-order chi connectivity index (χ1) is 10.4. The lowest BCUT2D eigenvalue weighted by molar-refractivity contribution is -0.141. The van der Waals surface area contributed by atoms with Gasteiger partial charge in [0.25, 0.3) is 0 Å². The largest absolute Gasteiger partial charge is 0.467 e. The quantitative estimate of drug-likeness (QED) is 0.620. The second kappa shape index (κ2) is 7.09. The van der Waals surface area contributed by atoms with E-state index < -0.39 is 12.0 Å². The van der Waals surface area contributed by atoms with Gasteiger partial charge in [0, 0.05) is 16.3 Å². The van der Waals surface area contributed by atoms with E-state index in [2.05, 4.69) is 5.32 Å². The van der Waals surface area contributed by atoms with E-state index in [-0.39, 0.29) is 15.7 Å². The Morgan fingerprint density at radius 1 is 1.14 bits per heavy atom. The molecule has 0 aliphatic carbocycles. The Kier molecular flexibility index (Phi) is 5.40. The van der Waals surface area contributed by atoms with Crippen LogP contribution < -0.4 is 11.1 Å². The summed E-state index contributed by atoms with van der Waals surface area (Å²) in [6, 6.07) is 9.34. The van der Waals surface area contributed by atoms with E-state index in [4.69, 9.17) is 45.3 Å². The number of benzene rings is 2. The summed E-state index contributed by atoms with van der Waals surface area (Å²) in [7, 11) is 1.30. The molecule has 0 amide bonds. The summed E-state index contributed by atoms with van der Waals surface area (Å²) >= 11 is 18.2. The van der Waals surface area contributed by atoms with Crippen molar-refractivity contribution in [2.24, 2.45) is 0 Å². The fraction of sp³-hybridized carbons (Fsp3) is 0.133. The molecule has 3 N–H and O–H groups in total. The zero-order valence-corrected chi connectivity index (χ0v) is 13.8. The Labute approximate surface area is 143 Å². The van der Waals surface area contributed by atoms with Gasteiger partial charge in [-0.2, -0.15) is 0 Å². The molecule has 0 spiro atoms. The molecule has 116 valence electrons. The molecule has 22 heavy (non-hydrogen) atoms. The number of methoxy groups -OCH3 is 1. The van der Waals surface area contributed by atoms with Crippen molar-refractivity contribution in [2.45, 2.75) is 6.04 Å². The van der Waals surface area contributed by atoms with Crippen molar-refractivity contribution in [3.63, 3.8) is 0 Å². The van der Waals surface area contributed by atoms with Crippen LogP contribution in [0.5, 0.6) is 0 Å². The highest BCUT2D eigenvalue weighted by Gasteiger charge is 2.24. The summed E-state index contributed by atoms with van der Waals surface area (Å²) in [5, 5.41) is 4.03. The first kappa shape index (κ1) is 16.7. The monoisotopic (exact) mass is 358 g/mol. The molecular weight excluding hydrogens is 347 g/mol. The second-order valence-corrected chi connectivity index (χ2v) is 5.70. The van der Waals surface area contributed by atoms with Crippen LogP contribution in [-0.2, 0) is 9.53 Å². The molecule has 0 saturated heterocycles. The van der Waals surface area contributed by atoms with Gasteiger partial charge in [0.05, 0.1) is 22.8 Å². The molecule has 1 atom stereocenters. The van der Waals surface area contributed by atoms with Gasteiger partial charge in [-0.25, -0.2) is 4.79 Å². The van der Waals surface area contributed by atoms with E-state index >= 15 is 0 Å². The van der Waals surface area contributed by atoms with Crippen LogP contribution in [0.25, 0.3) is 0 Å². The number of ether oxygens (including phenoxy) is 1. The SMILES string of the molecule is COC(=O)C(Nc1cc(Cl)c(N)c(Cl)c1)c1ccccc1Cl. The average Bonchev–Trinajstić information content (AvgIpc) is 2.50. The molecule has 2 aromatic rings. The Morgan fingerprint density at radius 3 is 2.27 bits per heavy atom. The second-order valence-electron chi connectivity index (χ2n) is 4.48. The molecule has 7 heteroatoms. The van der Waals surface area contributed by atoms with Crippen LogP contribution in [-0.4, -0.2) is 13.1 Å². The molecule has 0 saturated carbocycles. The van der Waals surface area contributed by atoms with Gasteiger partial charge in [-0.1, -0.05) is 53.0 Å². The molecule has 0 heterocycles. The number of esters is 1. The van der Waals surface area contributed by atoms with Crippen LogP contribution in [0.15, 0.2) is 36.4 Å². The van der Waals surface area contributed by atoms with Gasteiger partial charge in [0.2, 0.25) is 0 Å². The third kappa shape index (κ3) is 3.58. The van der Waals surface area contributed by atoms with Gasteiger partial charge in [-0.05, 0) is 18.2 Å². The van der Waals surface area contributed by atoms with Crippen LogP contribution in [0.4, 0.5) is 11.4 Å². The fourth-order valence-electron chi connectivity index (χ4n) is 1.93. The predicted octanol–water partition coefficient (Wildman–Crippen LogP) is 4.56. The van der Waals surface area contributed by atoms with E-state index in [9.17, 15) is 4.79 Å². The lowest BCUT2D eigenvalue weighted by Crippen LogP contribution is -2.22. The molecule has 4 nitrogen and oxygen atoms in total. The van der Waals surface area contributed by atoms with Crippen molar-refractivity contribution in [3.05, 3.63) is 57.0 Å². The minimum Gasteiger partial charge on any atom is -0.467 e. The van der Waals surface area contributed by atoms with Crippen molar-refractivity contribution in [3.8, 4) is 0 Å². The van der Waals surface area contributed by atoms with E-state index in [1.54, 1.807) is 36.4 Å². The lowest BCUT2D eigenvalue weighted by Gasteiger charge is -2.20.